The van der Waals surface area contributed by atoms with Gasteiger partial charge in [0.25, 0.3) is 16.4 Å². The molecule has 0 bridgehead atoms. The van der Waals surface area contributed by atoms with Crippen LogP contribution in [-0.4, -0.2) is 25.7 Å². The summed E-state index contributed by atoms with van der Waals surface area (Å²) in [6.07, 6.45) is 4.42. The van der Waals surface area contributed by atoms with Crippen molar-refractivity contribution in [2.24, 2.45) is 0 Å². The summed E-state index contributed by atoms with van der Waals surface area (Å²) in [5.74, 6) is 0. The van der Waals surface area contributed by atoms with Crippen molar-refractivity contribution in [1.82, 2.24) is 4.98 Å². The van der Waals surface area contributed by atoms with Crippen LogP contribution < -0.4 is 10.2 Å². The van der Waals surface area contributed by atoms with E-state index in [1.807, 2.05) is 0 Å². The first-order valence-corrected chi connectivity index (χ1v) is 9.46. The standard InChI is InChI=1S/C13H16N4O5P2/c18-17(8-10-2-1-5-14-7-10)9-11-3-4-12(15-23(19)20)6-13(11)16-24(21)22/h1-7,9,23-24H,8H2,(H2,15,19,20)(H2,16,21,22). The summed E-state index contributed by atoms with van der Waals surface area (Å²) >= 11 is 0. The van der Waals surface area contributed by atoms with Crippen LogP contribution in [0.4, 0.5) is 11.4 Å². The van der Waals surface area contributed by atoms with Gasteiger partial charge in [-0.25, -0.2) is 4.74 Å². The van der Waals surface area contributed by atoms with E-state index in [4.69, 9.17) is 9.79 Å². The molecule has 0 saturated heterocycles. The summed E-state index contributed by atoms with van der Waals surface area (Å²) < 4.78 is 22.6. The predicted octanol–water partition coefficient (Wildman–Crippen LogP) is 1.80. The summed E-state index contributed by atoms with van der Waals surface area (Å²) in [5, 5.41) is 16.7. The van der Waals surface area contributed by atoms with E-state index in [-0.39, 0.29) is 17.9 Å². The number of rotatable bonds is 7. The lowest BCUT2D eigenvalue weighted by Gasteiger charge is -2.10. The smallest absolute Gasteiger partial charge is 0.279 e. The van der Waals surface area contributed by atoms with E-state index >= 15 is 0 Å². The van der Waals surface area contributed by atoms with E-state index in [0.717, 1.165) is 0 Å². The fraction of sp³-hybridized carbons (Fsp3) is 0.0769. The second-order valence-electron chi connectivity index (χ2n) is 4.73. The monoisotopic (exact) mass is 370 g/mol. The molecule has 2 atom stereocenters. The number of hydroxylamine groups is 1. The van der Waals surface area contributed by atoms with Gasteiger partial charge in [-0.2, -0.15) is 0 Å². The van der Waals surface area contributed by atoms with Crippen LogP contribution in [0.5, 0.6) is 0 Å². The maximum Gasteiger partial charge on any atom is 0.279 e. The second-order valence-corrected chi connectivity index (χ2v) is 6.45. The third-order valence-corrected chi connectivity index (χ3v) is 3.88. The summed E-state index contributed by atoms with van der Waals surface area (Å²) in [6, 6.07) is 7.83. The van der Waals surface area contributed by atoms with Gasteiger partial charge in [0.15, 0.2) is 12.8 Å². The van der Waals surface area contributed by atoms with E-state index < -0.39 is 16.4 Å². The Bertz CT molecular complexity index is 785. The maximum atomic E-state index is 12.1. The van der Waals surface area contributed by atoms with Gasteiger partial charge >= 0.3 is 0 Å². The average molecular weight is 370 g/mol. The van der Waals surface area contributed by atoms with E-state index in [1.54, 1.807) is 24.5 Å². The molecule has 128 valence electrons. The van der Waals surface area contributed by atoms with Crippen LogP contribution >= 0.6 is 16.4 Å². The van der Waals surface area contributed by atoms with Crippen LogP contribution in [0.1, 0.15) is 11.1 Å². The van der Waals surface area contributed by atoms with Crippen LogP contribution in [0.15, 0.2) is 42.7 Å². The van der Waals surface area contributed by atoms with Gasteiger partial charge in [0.1, 0.15) is 0 Å². The number of nitrogens with one attached hydrogen (secondary N) is 2. The quantitative estimate of drug-likeness (QED) is 0.190. The Morgan fingerprint density at radius 3 is 2.58 bits per heavy atom. The number of hydrogen-bond donors (Lipinski definition) is 4. The van der Waals surface area contributed by atoms with E-state index in [1.165, 1.54) is 24.4 Å². The average Bonchev–Trinajstić information content (AvgIpc) is 2.49. The van der Waals surface area contributed by atoms with Gasteiger partial charge in [-0.1, -0.05) is 0 Å². The highest BCUT2D eigenvalue weighted by molar-refractivity contribution is 7.40. The number of pyridine rings is 1. The molecule has 1 heterocycles. The van der Waals surface area contributed by atoms with Gasteiger partial charge in [-0.05, 0) is 30.3 Å². The molecule has 0 aliphatic carbocycles. The van der Waals surface area contributed by atoms with Crippen LogP contribution in [0.2, 0.25) is 0 Å². The summed E-state index contributed by atoms with van der Waals surface area (Å²) in [6.45, 7) is 0.0614. The van der Waals surface area contributed by atoms with Crippen LogP contribution in [0.3, 0.4) is 0 Å². The Labute approximate surface area is 139 Å². The van der Waals surface area contributed by atoms with E-state index in [9.17, 15) is 14.3 Å². The topological polar surface area (TPSA) is 138 Å². The molecule has 0 saturated carbocycles. The van der Waals surface area contributed by atoms with Crippen LogP contribution in [-0.2, 0) is 15.7 Å². The Balaban J connectivity index is 2.28. The van der Waals surface area contributed by atoms with Crippen LogP contribution in [0.25, 0.3) is 0 Å². The third-order valence-electron chi connectivity index (χ3n) is 2.89. The van der Waals surface area contributed by atoms with Crippen molar-refractivity contribution in [2.45, 2.75) is 6.54 Å². The lowest BCUT2D eigenvalue weighted by atomic mass is 10.2. The molecule has 24 heavy (non-hydrogen) atoms. The number of anilines is 2. The number of hydrogen-bond acceptors (Lipinski definition) is 4. The molecule has 4 N–H and O–H groups in total. The molecule has 1 aromatic carbocycles. The van der Waals surface area contributed by atoms with Crippen LogP contribution in [0, 0.1) is 5.21 Å². The van der Waals surface area contributed by atoms with Gasteiger partial charge in [0.2, 0.25) is 0 Å². The molecule has 0 radical (unpaired) electrons. The zero-order valence-electron chi connectivity index (χ0n) is 12.3. The molecule has 2 unspecified atom stereocenters. The Morgan fingerprint density at radius 2 is 1.96 bits per heavy atom. The summed E-state index contributed by atoms with van der Waals surface area (Å²) in [7, 11) is -6.01. The minimum Gasteiger partial charge on any atom is -0.624 e. The highest BCUT2D eigenvalue weighted by Gasteiger charge is 2.08. The molecule has 2 aromatic rings. The van der Waals surface area contributed by atoms with Gasteiger partial charge in [0.05, 0.1) is 11.3 Å². The first-order chi connectivity index (χ1) is 11.4. The second kappa shape index (κ2) is 8.61. The number of nitrogens with zero attached hydrogens (tertiary/aromatic N) is 2. The number of aromatic nitrogens is 1. The third kappa shape index (κ3) is 5.79. The molecule has 11 heteroatoms. The van der Waals surface area contributed by atoms with E-state index in [0.29, 0.717) is 15.9 Å². The molecular formula is C13H16N4O5P2. The van der Waals surface area contributed by atoms with Crippen molar-refractivity contribution in [2.75, 3.05) is 10.2 Å². The van der Waals surface area contributed by atoms with Crippen molar-refractivity contribution < 1.29 is 23.7 Å². The zero-order valence-corrected chi connectivity index (χ0v) is 14.3. The maximum absolute atomic E-state index is 12.1. The molecule has 0 aliphatic heterocycles. The lowest BCUT2D eigenvalue weighted by molar-refractivity contribution is -0.469. The summed E-state index contributed by atoms with van der Waals surface area (Å²) in [4.78, 5) is 21.9. The first kappa shape index (κ1) is 18.2. The minimum absolute atomic E-state index is 0.0614. The predicted molar refractivity (Wildman–Crippen MR) is 92.9 cm³/mol. The lowest BCUT2D eigenvalue weighted by Crippen LogP contribution is -2.07. The van der Waals surface area contributed by atoms with Crippen molar-refractivity contribution >= 4 is 33.9 Å². The number of benzene rings is 1. The molecule has 0 aliphatic rings. The van der Waals surface area contributed by atoms with Crippen molar-refractivity contribution in [3.8, 4) is 0 Å². The Hall–Kier alpha value is -2.18. The largest absolute Gasteiger partial charge is 0.624 e. The van der Waals surface area contributed by atoms with Crippen molar-refractivity contribution in [3.63, 3.8) is 0 Å². The fourth-order valence-electron chi connectivity index (χ4n) is 1.97. The molecular weight excluding hydrogens is 354 g/mol. The van der Waals surface area contributed by atoms with Gasteiger partial charge < -0.3 is 25.2 Å². The molecule has 2 rings (SSSR count). The molecule has 1 aromatic heterocycles. The molecule has 9 nitrogen and oxygen atoms in total. The Morgan fingerprint density at radius 1 is 1.21 bits per heavy atom. The minimum atomic E-state index is -3.06. The molecule has 0 amide bonds. The highest BCUT2D eigenvalue weighted by atomic mass is 31.1. The highest BCUT2D eigenvalue weighted by Crippen LogP contribution is 2.28. The SMILES string of the molecule is O=[PH](O)Nc1ccc(C=[N+]([O-])Cc2cccnc2)c(N[PH](=O)O)c1. The molecule has 0 fully saturated rings. The normalized spacial score (nSPS) is 14.0. The van der Waals surface area contributed by atoms with E-state index in [2.05, 4.69) is 15.2 Å². The Kier molecular flexibility index (Phi) is 6.52. The first-order valence-electron chi connectivity index (χ1n) is 6.75. The van der Waals surface area contributed by atoms with Crippen molar-refractivity contribution in [1.29, 1.82) is 0 Å². The van der Waals surface area contributed by atoms with Gasteiger partial charge in [-0.15, -0.1) is 0 Å². The zero-order chi connectivity index (χ0) is 17.5. The summed E-state index contributed by atoms with van der Waals surface area (Å²) in [5.41, 5.74) is 1.56. The molecule has 0 spiro atoms. The fourth-order valence-corrected chi connectivity index (χ4v) is 2.82. The van der Waals surface area contributed by atoms with Gasteiger partial charge in [-0.3, -0.25) is 14.1 Å². The van der Waals surface area contributed by atoms with Gasteiger partial charge in [0, 0.05) is 23.6 Å². The van der Waals surface area contributed by atoms with Crippen molar-refractivity contribution in [3.05, 3.63) is 59.1 Å².